The summed E-state index contributed by atoms with van der Waals surface area (Å²) in [4.78, 5) is 4.03. The van der Waals surface area contributed by atoms with E-state index in [1.807, 2.05) is 25.4 Å². The smallest absolute Gasteiger partial charge is 0.207 e. The Labute approximate surface area is 92.0 Å². The first-order chi connectivity index (χ1) is 7.69. The molecule has 0 radical (unpaired) electrons. The molecule has 1 heterocycles. The monoisotopic (exact) mass is 214 g/mol. The molecule has 0 aliphatic carbocycles. The van der Waals surface area contributed by atoms with E-state index >= 15 is 0 Å². The van der Waals surface area contributed by atoms with Crippen molar-refractivity contribution in [1.82, 2.24) is 15.1 Å². The molecule has 6 nitrogen and oxygen atoms in total. The number of hydrogen-bond donors (Lipinski definition) is 2. The molecule has 0 saturated carbocycles. The first-order valence-corrected chi connectivity index (χ1v) is 4.62. The number of hydrogen-bond acceptors (Lipinski definition) is 3. The van der Waals surface area contributed by atoms with Crippen LogP contribution in [-0.2, 0) is 7.05 Å². The number of guanidine groups is 1. The first-order valence-electron chi connectivity index (χ1n) is 4.62. The summed E-state index contributed by atoms with van der Waals surface area (Å²) in [6.07, 6.45) is 3.60. The van der Waals surface area contributed by atoms with Crippen LogP contribution in [0.4, 0.5) is 5.69 Å². The molecule has 0 aliphatic heterocycles. The van der Waals surface area contributed by atoms with Gasteiger partial charge in [0.2, 0.25) is 5.96 Å². The van der Waals surface area contributed by atoms with Crippen molar-refractivity contribution >= 4 is 22.5 Å². The number of aromatic nitrogens is 2. The van der Waals surface area contributed by atoms with Crippen LogP contribution in [0.15, 0.2) is 29.4 Å². The SMILES string of the molecule is Cn1cc2cc(N=C(N)NC#N)ccc2n1. The van der Waals surface area contributed by atoms with E-state index in [9.17, 15) is 0 Å². The first kappa shape index (κ1) is 9.98. The second-order valence-electron chi connectivity index (χ2n) is 3.28. The van der Waals surface area contributed by atoms with Crippen LogP contribution in [0.5, 0.6) is 0 Å². The highest BCUT2D eigenvalue weighted by Crippen LogP contribution is 2.19. The van der Waals surface area contributed by atoms with Crippen LogP contribution in [0.1, 0.15) is 0 Å². The predicted molar refractivity (Wildman–Crippen MR) is 60.7 cm³/mol. The van der Waals surface area contributed by atoms with Gasteiger partial charge in [-0.15, -0.1) is 0 Å². The summed E-state index contributed by atoms with van der Waals surface area (Å²) in [6.45, 7) is 0. The van der Waals surface area contributed by atoms with E-state index < -0.39 is 0 Å². The van der Waals surface area contributed by atoms with Gasteiger partial charge in [0.1, 0.15) is 0 Å². The standard InChI is InChI=1S/C10H10N6/c1-16-5-7-4-8(2-3-9(7)15-16)14-10(12)13-6-11/h2-5H,1H3,(H3,12,13,14). The maximum atomic E-state index is 8.35. The van der Waals surface area contributed by atoms with Crippen molar-refractivity contribution < 1.29 is 0 Å². The Balaban J connectivity index is 2.40. The number of nitriles is 1. The Kier molecular flexibility index (Phi) is 2.44. The molecule has 3 N–H and O–H groups in total. The second kappa shape index (κ2) is 3.90. The van der Waals surface area contributed by atoms with Gasteiger partial charge in [0.15, 0.2) is 6.19 Å². The zero-order valence-corrected chi connectivity index (χ0v) is 8.68. The van der Waals surface area contributed by atoms with E-state index in [1.165, 1.54) is 0 Å². The van der Waals surface area contributed by atoms with Crippen LogP contribution in [0.2, 0.25) is 0 Å². The van der Waals surface area contributed by atoms with E-state index in [0.29, 0.717) is 5.69 Å². The maximum Gasteiger partial charge on any atom is 0.207 e. The number of rotatable bonds is 1. The number of aryl methyl sites for hydroxylation is 1. The average Bonchev–Trinajstić information content (AvgIpc) is 2.57. The fraction of sp³-hybridized carbons (Fsp3) is 0.100. The Morgan fingerprint density at radius 1 is 1.62 bits per heavy atom. The lowest BCUT2D eigenvalue weighted by Gasteiger charge is -1.96. The van der Waals surface area contributed by atoms with Gasteiger partial charge in [-0.2, -0.15) is 10.4 Å². The molecule has 0 saturated heterocycles. The minimum atomic E-state index is 0.0748. The number of nitrogens with two attached hydrogens (primary N) is 1. The van der Waals surface area contributed by atoms with Gasteiger partial charge in [-0.05, 0) is 18.2 Å². The fourth-order valence-electron chi connectivity index (χ4n) is 1.43. The molecule has 2 rings (SSSR count). The second-order valence-corrected chi connectivity index (χ2v) is 3.28. The number of aliphatic imine (C=N–C) groups is 1. The van der Waals surface area contributed by atoms with Crippen molar-refractivity contribution in [2.24, 2.45) is 17.8 Å². The molecule has 1 aromatic heterocycles. The molecular formula is C10H10N6. The normalized spacial score (nSPS) is 11.4. The summed E-state index contributed by atoms with van der Waals surface area (Å²) < 4.78 is 1.73. The lowest BCUT2D eigenvalue weighted by Crippen LogP contribution is -2.26. The topological polar surface area (TPSA) is 92.0 Å². The number of nitrogens with zero attached hydrogens (tertiary/aromatic N) is 4. The minimum Gasteiger partial charge on any atom is -0.369 e. The molecule has 80 valence electrons. The van der Waals surface area contributed by atoms with Gasteiger partial charge in [0, 0.05) is 18.6 Å². The Morgan fingerprint density at radius 2 is 2.44 bits per heavy atom. The highest BCUT2D eigenvalue weighted by atomic mass is 15.2. The van der Waals surface area contributed by atoms with Crippen LogP contribution in [0.3, 0.4) is 0 Å². The third-order valence-electron chi connectivity index (χ3n) is 2.04. The molecule has 6 heteroatoms. The Hall–Kier alpha value is -2.55. The number of nitrogens with one attached hydrogen (secondary N) is 1. The molecular weight excluding hydrogens is 204 g/mol. The van der Waals surface area contributed by atoms with Gasteiger partial charge >= 0.3 is 0 Å². The third kappa shape index (κ3) is 1.93. The predicted octanol–water partition coefficient (Wildman–Crippen LogP) is 0.590. The lowest BCUT2D eigenvalue weighted by molar-refractivity contribution is 0.780. The summed E-state index contributed by atoms with van der Waals surface area (Å²) in [5.74, 6) is 0.0748. The van der Waals surface area contributed by atoms with Crippen LogP contribution < -0.4 is 11.1 Å². The molecule has 0 aliphatic rings. The molecule has 16 heavy (non-hydrogen) atoms. The maximum absolute atomic E-state index is 8.35. The highest BCUT2D eigenvalue weighted by molar-refractivity contribution is 5.86. The molecule has 1 aromatic carbocycles. The van der Waals surface area contributed by atoms with Crippen molar-refractivity contribution in [2.45, 2.75) is 0 Å². The Bertz CT molecular complexity index is 589. The molecule has 0 unspecified atom stereocenters. The van der Waals surface area contributed by atoms with Crippen LogP contribution in [0.25, 0.3) is 10.9 Å². The van der Waals surface area contributed by atoms with Crippen LogP contribution >= 0.6 is 0 Å². The summed E-state index contributed by atoms with van der Waals surface area (Å²) in [6, 6.07) is 5.50. The van der Waals surface area contributed by atoms with Gasteiger partial charge in [-0.3, -0.25) is 10.00 Å². The summed E-state index contributed by atoms with van der Waals surface area (Å²) in [5.41, 5.74) is 7.04. The number of benzene rings is 1. The van der Waals surface area contributed by atoms with Crippen molar-refractivity contribution in [3.63, 3.8) is 0 Å². The Morgan fingerprint density at radius 3 is 3.19 bits per heavy atom. The van der Waals surface area contributed by atoms with Gasteiger partial charge in [-0.1, -0.05) is 0 Å². The van der Waals surface area contributed by atoms with Crippen molar-refractivity contribution in [3.05, 3.63) is 24.4 Å². The van der Waals surface area contributed by atoms with E-state index in [2.05, 4.69) is 15.4 Å². The van der Waals surface area contributed by atoms with Crippen LogP contribution in [0, 0.1) is 11.5 Å². The zero-order chi connectivity index (χ0) is 11.5. The highest BCUT2D eigenvalue weighted by Gasteiger charge is 1.99. The van der Waals surface area contributed by atoms with Gasteiger partial charge in [0.05, 0.1) is 11.2 Å². The van der Waals surface area contributed by atoms with Gasteiger partial charge in [-0.25, -0.2) is 4.99 Å². The zero-order valence-electron chi connectivity index (χ0n) is 8.68. The van der Waals surface area contributed by atoms with E-state index in [-0.39, 0.29) is 5.96 Å². The van der Waals surface area contributed by atoms with Crippen molar-refractivity contribution in [3.8, 4) is 6.19 Å². The molecule has 0 fully saturated rings. The van der Waals surface area contributed by atoms with Crippen molar-refractivity contribution in [1.29, 1.82) is 5.26 Å². The third-order valence-corrected chi connectivity index (χ3v) is 2.04. The summed E-state index contributed by atoms with van der Waals surface area (Å²) in [5, 5.41) is 15.8. The van der Waals surface area contributed by atoms with Crippen LogP contribution in [-0.4, -0.2) is 15.7 Å². The summed E-state index contributed by atoms with van der Waals surface area (Å²) in [7, 11) is 1.86. The van der Waals surface area contributed by atoms with Gasteiger partial charge < -0.3 is 5.73 Å². The summed E-state index contributed by atoms with van der Waals surface area (Å²) >= 11 is 0. The fourth-order valence-corrected chi connectivity index (χ4v) is 1.43. The molecule has 2 aromatic rings. The lowest BCUT2D eigenvalue weighted by atomic mass is 10.2. The largest absolute Gasteiger partial charge is 0.369 e. The number of fused-ring (bicyclic) bond motifs is 1. The molecule has 0 bridgehead atoms. The van der Waals surface area contributed by atoms with E-state index in [4.69, 9.17) is 11.0 Å². The van der Waals surface area contributed by atoms with E-state index in [1.54, 1.807) is 16.9 Å². The average molecular weight is 214 g/mol. The quantitative estimate of drug-likeness (QED) is 0.314. The molecule has 0 amide bonds. The van der Waals surface area contributed by atoms with E-state index in [0.717, 1.165) is 10.9 Å². The minimum absolute atomic E-state index is 0.0748. The molecule has 0 atom stereocenters. The molecule has 0 spiro atoms. The van der Waals surface area contributed by atoms with Gasteiger partial charge in [0.25, 0.3) is 0 Å². The van der Waals surface area contributed by atoms with Crippen molar-refractivity contribution in [2.75, 3.05) is 0 Å².